The number of ether oxygens (including phenoxy) is 3. The van der Waals surface area contributed by atoms with Gasteiger partial charge in [0.1, 0.15) is 23.4 Å². The fraction of sp³-hybridized carbons (Fsp3) is 0.286. The SMILES string of the molecule is CN[C@@H](C)[C@H](Oc1ccc(OC)cc1)c1ccc(OC)cc1.[C-]#[O+].[C-]#[O+].[C-]#[O+].[Cr]. The maximum Gasteiger partial charge on any atom is 0 e. The Bertz CT molecular complexity index is 684. The Kier molecular flexibility index (Phi) is 21.9. The zero-order valence-electron chi connectivity index (χ0n) is 16.6. The van der Waals surface area contributed by atoms with Crippen LogP contribution in [0.1, 0.15) is 18.6 Å². The van der Waals surface area contributed by atoms with E-state index in [9.17, 15) is 0 Å². The first-order valence-electron chi connectivity index (χ1n) is 7.91. The molecule has 0 fully saturated rings. The third-order valence-electron chi connectivity index (χ3n) is 3.68. The molecule has 7 nitrogen and oxygen atoms in total. The first-order chi connectivity index (χ1) is 13.7. The molecule has 0 aromatic heterocycles. The van der Waals surface area contributed by atoms with Gasteiger partial charge in [0.25, 0.3) is 0 Å². The number of likely N-dealkylation sites (N-methyl/N-ethyl adjacent to an activating group) is 1. The van der Waals surface area contributed by atoms with Crippen molar-refractivity contribution in [1.82, 2.24) is 5.32 Å². The van der Waals surface area contributed by atoms with E-state index in [2.05, 4.69) is 32.2 Å². The molecule has 0 aliphatic rings. The standard InChI is InChI=1S/C18H23NO3.3CO.Cr/c1-13(19-2)18(14-5-7-15(20-3)8-6-14)22-17-11-9-16(21-4)10-12-17;3*1-2;/h5-13,18-19H,1-4H3;;;;/t13-,18-;;;;/m0..../s1. The van der Waals surface area contributed by atoms with Crippen molar-refractivity contribution in [3.8, 4) is 17.2 Å². The number of methoxy groups -OCH3 is 2. The summed E-state index contributed by atoms with van der Waals surface area (Å²) < 4.78 is 39.0. The zero-order chi connectivity index (χ0) is 21.9. The van der Waals surface area contributed by atoms with Crippen LogP contribution in [-0.4, -0.2) is 27.3 Å². The molecular weight excluding hydrogens is 414 g/mol. The predicted octanol–water partition coefficient (Wildman–Crippen LogP) is 3.32. The second-order valence-corrected chi connectivity index (χ2v) is 5.06. The van der Waals surface area contributed by atoms with E-state index in [4.69, 9.17) is 28.2 Å². The quantitative estimate of drug-likeness (QED) is 0.531. The average Bonchev–Trinajstić information content (AvgIpc) is 2.81. The van der Waals surface area contributed by atoms with Gasteiger partial charge in [0, 0.05) is 23.4 Å². The van der Waals surface area contributed by atoms with Crippen LogP contribution in [0.15, 0.2) is 48.5 Å². The van der Waals surface area contributed by atoms with Crippen LogP contribution < -0.4 is 19.5 Å². The van der Waals surface area contributed by atoms with Crippen molar-refractivity contribution < 1.29 is 45.5 Å². The van der Waals surface area contributed by atoms with Crippen LogP contribution in [0.4, 0.5) is 0 Å². The van der Waals surface area contributed by atoms with Crippen LogP contribution >= 0.6 is 0 Å². The molecule has 2 rings (SSSR count). The molecule has 0 radical (unpaired) electrons. The summed E-state index contributed by atoms with van der Waals surface area (Å²) in [6, 6.07) is 15.7. The fourth-order valence-corrected chi connectivity index (χ4v) is 2.20. The van der Waals surface area contributed by atoms with Crippen LogP contribution in [0.3, 0.4) is 0 Å². The number of hydrogen-bond donors (Lipinski definition) is 1. The maximum absolute atomic E-state index is 7.50. The van der Waals surface area contributed by atoms with Crippen molar-refractivity contribution in [2.45, 2.75) is 19.1 Å². The van der Waals surface area contributed by atoms with Gasteiger partial charge in [-0.05, 0) is 55.9 Å². The number of benzene rings is 2. The third-order valence-corrected chi connectivity index (χ3v) is 3.68. The largest absolute Gasteiger partial charge is 0 e. The minimum atomic E-state index is -0.0932. The molecule has 0 aliphatic carbocycles. The molecule has 0 bridgehead atoms. The second kappa shape index (κ2) is 20.3. The van der Waals surface area contributed by atoms with E-state index in [0.29, 0.717) is 0 Å². The Morgan fingerprint density at radius 3 is 1.41 bits per heavy atom. The Labute approximate surface area is 182 Å². The monoisotopic (exact) mass is 437 g/mol. The molecule has 29 heavy (non-hydrogen) atoms. The zero-order valence-corrected chi connectivity index (χ0v) is 17.9. The Morgan fingerprint density at radius 2 is 1.07 bits per heavy atom. The molecule has 0 saturated heterocycles. The molecule has 1 N–H and O–H groups in total. The predicted molar refractivity (Wildman–Crippen MR) is 99.7 cm³/mol. The van der Waals surface area contributed by atoms with Crippen molar-refractivity contribution in [2.24, 2.45) is 0 Å². The molecular formula is C21H23CrNO6. The summed E-state index contributed by atoms with van der Waals surface area (Å²) in [5.41, 5.74) is 1.10. The smallest absolute Gasteiger partial charge is 0 e. The van der Waals surface area contributed by atoms with E-state index in [1.165, 1.54) is 0 Å². The molecule has 0 aliphatic heterocycles. The summed E-state index contributed by atoms with van der Waals surface area (Å²) in [5, 5.41) is 3.25. The fourth-order valence-electron chi connectivity index (χ4n) is 2.20. The summed E-state index contributed by atoms with van der Waals surface area (Å²) >= 11 is 0. The molecule has 0 saturated carbocycles. The second-order valence-electron chi connectivity index (χ2n) is 5.06. The van der Waals surface area contributed by atoms with Gasteiger partial charge >= 0.3 is 33.9 Å². The van der Waals surface area contributed by atoms with E-state index in [0.717, 1.165) is 22.8 Å². The first kappa shape index (κ1) is 31.3. The van der Waals surface area contributed by atoms with E-state index in [1.54, 1.807) is 14.2 Å². The average molecular weight is 437 g/mol. The Hall–Kier alpha value is -2.45. The third kappa shape index (κ3) is 11.2. The van der Waals surface area contributed by atoms with Crippen molar-refractivity contribution in [3.05, 3.63) is 74.0 Å². The summed E-state index contributed by atoms with van der Waals surface area (Å²) in [5.74, 6) is 2.46. The van der Waals surface area contributed by atoms with Gasteiger partial charge in [0.15, 0.2) is 0 Å². The Morgan fingerprint density at radius 1 is 0.724 bits per heavy atom. The first-order valence-corrected chi connectivity index (χ1v) is 7.91. The van der Waals surface area contributed by atoms with Crippen LogP contribution in [0.25, 0.3) is 0 Å². The summed E-state index contributed by atoms with van der Waals surface area (Å²) in [6.07, 6.45) is -0.0932. The molecule has 0 unspecified atom stereocenters. The van der Waals surface area contributed by atoms with E-state index < -0.39 is 0 Å². The van der Waals surface area contributed by atoms with Gasteiger partial charge in [-0.25, -0.2) is 0 Å². The minimum absolute atomic E-state index is 0. The minimum Gasteiger partial charge on any atom is 0 e. The summed E-state index contributed by atoms with van der Waals surface area (Å²) in [7, 11) is 5.24. The van der Waals surface area contributed by atoms with Crippen molar-refractivity contribution in [3.63, 3.8) is 0 Å². The summed E-state index contributed by atoms with van der Waals surface area (Å²) in [6.45, 7) is 15.6. The van der Waals surface area contributed by atoms with Crippen molar-refractivity contribution in [2.75, 3.05) is 21.3 Å². The molecule has 2 aromatic rings. The van der Waals surface area contributed by atoms with Gasteiger partial charge in [-0.2, -0.15) is 0 Å². The van der Waals surface area contributed by atoms with Gasteiger partial charge < -0.3 is 19.5 Å². The molecule has 154 valence electrons. The van der Waals surface area contributed by atoms with Gasteiger partial charge in [0.2, 0.25) is 0 Å². The molecule has 2 aromatic carbocycles. The van der Waals surface area contributed by atoms with Crippen LogP contribution in [0, 0.1) is 20.0 Å². The van der Waals surface area contributed by atoms with Crippen molar-refractivity contribution in [1.29, 1.82) is 0 Å². The van der Waals surface area contributed by atoms with Gasteiger partial charge in [-0.1, -0.05) is 12.1 Å². The molecule has 0 heterocycles. The van der Waals surface area contributed by atoms with E-state index in [1.807, 2.05) is 55.6 Å². The Balaban J connectivity index is -0.000000883. The molecule has 2 atom stereocenters. The molecule has 8 heteroatoms. The van der Waals surface area contributed by atoms with Crippen LogP contribution in [0.2, 0.25) is 0 Å². The molecule has 0 spiro atoms. The van der Waals surface area contributed by atoms with Gasteiger partial charge in [-0.15, -0.1) is 0 Å². The summed E-state index contributed by atoms with van der Waals surface area (Å²) in [4.78, 5) is 0. The molecule has 0 amide bonds. The van der Waals surface area contributed by atoms with E-state index >= 15 is 0 Å². The maximum atomic E-state index is 7.50. The van der Waals surface area contributed by atoms with Crippen LogP contribution in [0.5, 0.6) is 17.2 Å². The topological polar surface area (TPSA) is 99.4 Å². The van der Waals surface area contributed by atoms with E-state index in [-0.39, 0.29) is 29.5 Å². The number of hydrogen-bond acceptors (Lipinski definition) is 4. The number of rotatable bonds is 7. The van der Waals surface area contributed by atoms with Gasteiger partial charge in [0.05, 0.1) is 14.2 Å². The normalized spacial score (nSPS) is 10.3. The van der Waals surface area contributed by atoms with Gasteiger partial charge in [-0.3, -0.25) is 0 Å². The van der Waals surface area contributed by atoms with Crippen LogP contribution in [-0.2, 0) is 31.3 Å². The van der Waals surface area contributed by atoms with Crippen molar-refractivity contribution >= 4 is 0 Å². The number of nitrogens with one attached hydrogen (secondary N) is 1.